The van der Waals surface area contributed by atoms with Crippen molar-refractivity contribution in [1.29, 1.82) is 0 Å². The molecule has 0 aliphatic carbocycles. The minimum atomic E-state index is -0.534. The second kappa shape index (κ2) is 8.08. The number of hydrogen-bond donors (Lipinski definition) is 1. The molecule has 0 saturated heterocycles. The average molecular weight is 421 g/mol. The van der Waals surface area contributed by atoms with Crippen LogP contribution in [0.4, 0.5) is 10.1 Å². The zero-order valence-electron chi connectivity index (χ0n) is 16.4. The molecule has 1 N–H and O–H groups in total. The van der Waals surface area contributed by atoms with Gasteiger partial charge in [0.25, 0.3) is 5.91 Å². The zero-order valence-corrected chi connectivity index (χ0v) is 17.1. The summed E-state index contributed by atoms with van der Waals surface area (Å²) in [7, 11) is 0. The first kappa shape index (κ1) is 19.8. The Bertz CT molecular complexity index is 1250. The lowest BCUT2D eigenvalue weighted by molar-refractivity contribution is 0.101. The highest BCUT2D eigenvalue weighted by Gasteiger charge is 2.20. The third kappa shape index (κ3) is 4.09. The molecule has 5 nitrogen and oxygen atoms in total. The molecule has 4 rings (SSSR count). The van der Waals surface area contributed by atoms with Crippen LogP contribution in [0.2, 0.25) is 5.02 Å². The molecule has 30 heavy (non-hydrogen) atoms. The van der Waals surface area contributed by atoms with E-state index in [1.807, 2.05) is 44.2 Å². The lowest BCUT2D eigenvalue weighted by Gasteiger charge is -2.10. The van der Waals surface area contributed by atoms with E-state index in [1.54, 1.807) is 22.9 Å². The fourth-order valence-electron chi connectivity index (χ4n) is 3.11. The van der Waals surface area contributed by atoms with Gasteiger partial charge in [0, 0.05) is 16.3 Å². The Morgan fingerprint density at radius 1 is 1.03 bits per heavy atom. The topological polar surface area (TPSA) is 59.8 Å². The first-order valence-corrected chi connectivity index (χ1v) is 9.66. The Hall–Kier alpha value is -3.51. The molecule has 0 atom stereocenters. The van der Waals surface area contributed by atoms with E-state index in [0.29, 0.717) is 16.5 Å². The van der Waals surface area contributed by atoms with Gasteiger partial charge < -0.3 is 5.32 Å². The number of aromatic nitrogens is 3. The van der Waals surface area contributed by atoms with E-state index in [4.69, 9.17) is 11.6 Å². The van der Waals surface area contributed by atoms with Crippen molar-refractivity contribution in [2.24, 2.45) is 0 Å². The van der Waals surface area contributed by atoms with Crippen LogP contribution in [0.1, 0.15) is 21.7 Å². The summed E-state index contributed by atoms with van der Waals surface area (Å²) in [5.74, 6) is -0.502. The molecule has 1 heterocycles. The summed E-state index contributed by atoms with van der Waals surface area (Å²) in [6, 6.07) is 18.9. The van der Waals surface area contributed by atoms with E-state index >= 15 is 0 Å². The van der Waals surface area contributed by atoms with Gasteiger partial charge in [0.1, 0.15) is 5.82 Å². The maximum absolute atomic E-state index is 13.5. The van der Waals surface area contributed by atoms with Crippen molar-refractivity contribution in [3.63, 3.8) is 0 Å². The fourth-order valence-corrected chi connectivity index (χ4v) is 3.28. The van der Waals surface area contributed by atoms with Gasteiger partial charge in [0.15, 0.2) is 5.82 Å². The molecule has 1 aromatic heterocycles. The molecule has 0 fully saturated rings. The van der Waals surface area contributed by atoms with Crippen LogP contribution in [0.25, 0.3) is 17.1 Å². The molecular formula is C23H18ClFN4O. The smallest absolute Gasteiger partial charge is 0.295 e. The summed E-state index contributed by atoms with van der Waals surface area (Å²) in [6.45, 7) is 3.91. The zero-order chi connectivity index (χ0) is 21.3. The van der Waals surface area contributed by atoms with Gasteiger partial charge in [-0.2, -0.15) is 0 Å². The SMILES string of the molecule is Cc1cccc(-c2nc(C(=O)Nc3cccc(F)c3)nn2-c2cc(Cl)ccc2C)c1. The number of carbonyl (C=O) groups is 1. The van der Waals surface area contributed by atoms with Crippen molar-refractivity contribution >= 4 is 23.2 Å². The van der Waals surface area contributed by atoms with Crippen molar-refractivity contribution < 1.29 is 9.18 Å². The lowest BCUT2D eigenvalue weighted by atomic mass is 10.1. The number of benzene rings is 3. The van der Waals surface area contributed by atoms with Crippen LogP contribution in [-0.4, -0.2) is 20.7 Å². The minimum Gasteiger partial charge on any atom is -0.319 e. The van der Waals surface area contributed by atoms with Crippen LogP contribution >= 0.6 is 11.6 Å². The number of amides is 1. The normalized spacial score (nSPS) is 10.8. The number of halogens is 2. The number of nitrogens with zero attached hydrogens (tertiary/aromatic N) is 3. The Morgan fingerprint density at radius 2 is 1.83 bits per heavy atom. The van der Waals surface area contributed by atoms with Crippen molar-refractivity contribution in [2.45, 2.75) is 13.8 Å². The minimum absolute atomic E-state index is 0.0323. The first-order chi connectivity index (χ1) is 14.4. The van der Waals surface area contributed by atoms with Crippen LogP contribution in [0, 0.1) is 19.7 Å². The highest BCUT2D eigenvalue weighted by atomic mass is 35.5. The van der Waals surface area contributed by atoms with Gasteiger partial charge >= 0.3 is 0 Å². The average Bonchev–Trinajstić information content (AvgIpc) is 3.15. The second-order valence-corrected chi connectivity index (χ2v) is 7.37. The molecule has 0 aliphatic rings. The van der Waals surface area contributed by atoms with E-state index in [0.717, 1.165) is 22.4 Å². The Kier molecular flexibility index (Phi) is 5.33. The number of carbonyl (C=O) groups excluding carboxylic acids is 1. The molecule has 1 amide bonds. The summed E-state index contributed by atoms with van der Waals surface area (Å²) in [6.07, 6.45) is 0. The molecule has 7 heteroatoms. The molecule has 4 aromatic rings. The number of rotatable bonds is 4. The van der Waals surface area contributed by atoms with Gasteiger partial charge in [-0.25, -0.2) is 14.1 Å². The third-order valence-corrected chi connectivity index (χ3v) is 4.80. The first-order valence-electron chi connectivity index (χ1n) is 9.28. The third-order valence-electron chi connectivity index (χ3n) is 4.57. The van der Waals surface area contributed by atoms with Crippen LogP contribution < -0.4 is 5.32 Å². The molecule has 0 spiro atoms. The molecule has 3 aromatic carbocycles. The fraction of sp³-hybridized carbons (Fsp3) is 0.0870. The summed E-state index contributed by atoms with van der Waals surface area (Å²) < 4.78 is 15.1. The lowest BCUT2D eigenvalue weighted by Crippen LogP contribution is -2.14. The number of anilines is 1. The number of aryl methyl sites for hydroxylation is 2. The summed E-state index contributed by atoms with van der Waals surface area (Å²) in [5, 5.41) is 7.63. The van der Waals surface area contributed by atoms with Crippen molar-refractivity contribution in [3.8, 4) is 17.1 Å². The Balaban J connectivity index is 1.81. The van der Waals surface area contributed by atoms with Gasteiger partial charge in [0.05, 0.1) is 5.69 Å². The predicted molar refractivity (Wildman–Crippen MR) is 116 cm³/mol. The van der Waals surface area contributed by atoms with Crippen molar-refractivity contribution in [2.75, 3.05) is 5.32 Å². The van der Waals surface area contributed by atoms with Crippen LogP contribution in [0.5, 0.6) is 0 Å². The Morgan fingerprint density at radius 3 is 2.60 bits per heavy atom. The number of nitrogens with one attached hydrogen (secondary N) is 1. The van der Waals surface area contributed by atoms with E-state index in [-0.39, 0.29) is 5.82 Å². The summed E-state index contributed by atoms with van der Waals surface area (Å²) >= 11 is 6.21. The Labute approximate surface area is 178 Å². The van der Waals surface area contributed by atoms with E-state index < -0.39 is 11.7 Å². The van der Waals surface area contributed by atoms with Gasteiger partial charge in [-0.3, -0.25) is 4.79 Å². The van der Waals surface area contributed by atoms with Crippen molar-refractivity contribution in [3.05, 3.63) is 94.5 Å². The second-order valence-electron chi connectivity index (χ2n) is 6.94. The van der Waals surface area contributed by atoms with Crippen LogP contribution in [0.15, 0.2) is 66.7 Å². The van der Waals surface area contributed by atoms with Gasteiger partial charge in [0.2, 0.25) is 5.82 Å². The molecule has 0 bridgehead atoms. The molecule has 0 radical (unpaired) electrons. The molecule has 0 saturated carbocycles. The van der Waals surface area contributed by atoms with E-state index in [1.165, 1.54) is 18.2 Å². The van der Waals surface area contributed by atoms with Crippen LogP contribution in [0.3, 0.4) is 0 Å². The highest BCUT2D eigenvalue weighted by molar-refractivity contribution is 6.30. The monoisotopic (exact) mass is 420 g/mol. The van der Waals surface area contributed by atoms with Gasteiger partial charge in [-0.1, -0.05) is 47.5 Å². The van der Waals surface area contributed by atoms with E-state index in [2.05, 4.69) is 15.4 Å². The molecule has 0 aliphatic heterocycles. The summed E-state index contributed by atoms with van der Waals surface area (Å²) in [5.41, 5.74) is 3.83. The maximum atomic E-state index is 13.5. The molecule has 150 valence electrons. The summed E-state index contributed by atoms with van der Waals surface area (Å²) in [4.78, 5) is 17.3. The van der Waals surface area contributed by atoms with Gasteiger partial charge in [-0.15, -0.1) is 5.10 Å². The van der Waals surface area contributed by atoms with E-state index in [9.17, 15) is 9.18 Å². The predicted octanol–water partition coefficient (Wildman–Crippen LogP) is 5.60. The highest BCUT2D eigenvalue weighted by Crippen LogP contribution is 2.26. The molecular weight excluding hydrogens is 403 g/mol. The van der Waals surface area contributed by atoms with Gasteiger partial charge in [-0.05, 0) is 55.8 Å². The number of hydrogen-bond acceptors (Lipinski definition) is 3. The molecule has 0 unspecified atom stereocenters. The van der Waals surface area contributed by atoms with Crippen LogP contribution in [-0.2, 0) is 0 Å². The standard InChI is InChI=1S/C23H18ClFN4O/c1-14-5-3-6-16(11-14)22-27-21(23(30)26-19-8-4-7-18(25)13-19)28-29(22)20-12-17(24)10-9-15(20)2/h3-13H,1-2H3,(H,26,30). The van der Waals surface area contributed by atoms with Crippen molar-refractivity contribution in [1.82, 2.24) is 14.8 Å². The maximum Gasteiger partial charge on any atom is 0.295 e. The quantitative estimate of drug-likeness (QED) is 0.467. The largest absolute Gasteiger partial charge is 0.319 e.